The van der Waals surface area contributed by atoms with E-state index >= 15 is 0 Å². The summed E-state index contributed by atoms with van der Waals surface area (Å²) in [4.78, 5) is 0. The van der Waals surface area contributed by atoms with Crippen LogP contribution in [-0.4, -0.2) is 12.0 Å². The van der Waals surface area contributed by atoms with Crippen LogP contribution in [0.15, 0.2) is 0 Å². The lowest BCUT2D eigenvalue weighted by Crippen LogP contribution is -1.96. The van der Waals surface area contributed by atoms with E-state index in [1.54, 1.807) is 0 Å². The van der Waals surface area contributed by atoms with Gasteiger partial charge in [0.05, 0.1) is 4.74 Å². The third-order valence-corrected chi connectivity index (χ3v) is 0.943. The van der Waals surface area contributed by atoms with E-state index in [1.165, 1.54) is 0 Å². The van der Waals surface area contributed by atoms with Crippen molar-refractivity contribution in [3.63, 3.8) is 0 Å². The van der Waals surface area contributed by atoms with Gasteiger partial charge in [-0.1, -0.05) is 13.2 Å². The van der Waals surface area contributed by atoms with E-state index in [9.17, 15) is 0 Å². The van der Waals surface area contributed by atoms with Gasteiger partial charge < -0.3 is 0 Å². The molecule has 0 aliphatic heterocycles. The first-order valence-electron chi connectivity index (χ1n) is 2.05. The quantitative estimate of drug-likeness (QED) is 0.388. The number of alkyl halides is 2. The molecule has 0 fully saturated rings. The van der Waals surface area contributed by atoms with Gasteiger partial charge in [0.25, 0.3) is 0 Å². The van der Waals surface area contributed by atoms with Gasteiger partial charge in [0.15, 0.2) is 7.28 Å². The summed E-state index contributed by atoms with van der Waals surface area (Å²) in [6.45, 7) is 2.05. The largest absolute Gasteiger partial charge is 0.162 e. The average molecular weight is 125 g/mol. The van der Waals surface area contributed by atoms with Gasteiger partial charge in [-0.15, -0.1) is 23.2 Å². The van der Waals surface area contributed by atoms with Gasteiger partial charge >= 0.3 is 0 Å². The van der Waals surface area contributed by atoms with Crippen LogP contribution in [-0.2, 0) is 0 Å². The van der Waals surface area contributed by atoms with Crippen molar-refractivity contribution in [3.8, 4) is 0 Å². The topological polar surface area (TPSA) is 0 Å². The van der Waals surface area contributed by atoms with Crippen LogP contribution in [0.25, 0.3) is 0 Å². The molecule has 0 aliphatic carbocycles. The molecule has 0 N–H and O–H groups in total. The molecule has 0 aromatic rings. The summed E-state index contributed by atoms with van der Waals surface area (Å²) >= 11 is 10.7. The maximum atomic E-state index is 5.34. The van der Waals surface area contributed by atoms with E-state index in [0.29, 0.717) is 0 Å². The molecule has 0 bridgehead atoms. The van der Waals surface area contributed by atoms with Crippen LogP contribution in [0, 0.1) is 0 Å². The molecule has 0 unspecified atom stereocenters. The lowest BCUT2D eigenvalue weighted by atomic mass is 9.78. The number of halogens is 2. The van der Waals surface area contributed by atoms with E-state index in [1.807, 2.05) is 0 Å². The van der Waals surface area contributed by atoms with Crippen LogP contribution in [0.5, 0.6) is 0 Å². The fraction of sp³-hybridized carbons (Fsp3) is 1.00. The smallest absolute Gasteiger partial charge is 0.115 e. The van der Waals surface area contributed by atoms with E-state index in [4.69, 9.17) is 23.2 Å². The minimum atomic E-state index is -0.157. The lowest BCUT2D eigenvalue weighted by Gasteiger charge is -1.87. The molecule has 0 radical (unpaired) electrons. The van der Waals surface area contributed by atoms with Gasteiger partial charge in [-0.25, -0.2) is 0 Å². The zero-order valence-corrected chi connectivity index (χ0v) is 5.26. The summed E-state index contributed by atoms with van der Waals surface area (Å²) in [5.74, 6) is 0. The van der Waals surface area contributed by atoms with Crippen molar-refractivity contribution in [2.75, 3.05) is 0 Å². The molecule has 0 saturated heterocycles. The number of hydrogen-bond acceptors (Lipinski definition) is 0. The standard InChI is InChI=1S/C3H7BCl2/c1-2-4-3(5)6/h3-4H,2H2,1H3. The minimum absolute atomic E-state index is 0.157. The Balaban J connectivity index is 2.63. The summed E-state index contributed by atoms with van der Waals surface area (Å²) in [6, 6.07) is 0. The number of hydrogen-bond donors (Lipinski definition) is 0. The van der Waals surface area contributed by atoms with E-state index in [2.05, 4.69) is 6.92 Å². The molecule has 0 rings (SSSR count). The molecular formula is C3H7BCl2. The first-order chi connectivity index (χ1) is 2.77. The Bertz CT molecular complexity index is 30.0. The molecule has 0 amide bonds. The van der Waals surface area contributed by atoms with Crippen molar-refractivity contribution < 1.29 is 0 Å². The average Bonchev–Trinajstić information content (AvgIpc) is 1.35. The molecule has 0 aromatic carbocycles. The Kier molecular flexibility index (Phi) is 4.23. The van der Waals surface area contributed by atoms with Crippen LogP contribution in [0.3, 0.4) is 0 Å². The Morgan fingerprint density at radius 3 is 2.17 bits per heavy atom. The van der Waals surface area contributed by atoms with Crippen molar-refractivity contribution in [1.82, 2.24) is 0 Å². The van der Waals surface area contributed by atoms with Gasteiger partial charge in [-0.2, -0.15) is 0 Å². The summed E-state index contributed by atoms with van der Waals surface area (Å²) in [7, 11) is 0.906. The first-order valence-corrected chi connectivity index (χ1v) is 2.92. The predicted molar refractivity (Wildman–Crippen MR) is 33.1 cm³/mol. The fourth-order valence-electron chi connectivity index (χ4n) is 0.218. The summed E-state index contributed by atoms with van der Waals surface area (Å²) in [5, 5.41) is 0. The van der Waals surface area contributed by atoms with Gasteiger partial charge in [0.1, 0.15) is 0 Å². The summed E-state index contributed by atoms with van der Waals surface area (Å²) in [6.07, 6.45) is 1.07. The zero-order valence-electron chi connectivity index (χ0n) is 3.75. The summed E-state index contributed by atoms with van der Waals surface area (Å²) < 4.78 is -0.157. The molecule has 36 valence electrons. The normalized spacial score (nSPS) is 9.33. The predicted octanol–water partition coefficient (Wildman–Crippen LogP) is 1.62. The lowest BCUT2D eigenvalue weighted by molar-refractivity contribution is 1.44. The van der Waals surface area contributed by atoms with Crippen LogP contribution >= 0.6 is 23.2 Å². The molecular weight excluding hydrogens is 118 g/mol. The maximum Gasteiger partial charge on any atom is 0.162 e. The first kappa shape index (κ1) is 6.64. The highest BCUT2D eigenvalue weighted by atomic mass is 35.5. The van der Waals surface area contributed by atoms with Crippen molar-refractivity contribution >= 4 is 30.5 Å². The third-order valence-electron chi connectivity index (χ3n) is 0.507. The molecule has 0 aliphatic rings. The van der Waals surface area contributed by atoms with Gasteiger partial charge in [-0.3, -0.25) is 0 Å². The molecule has 0 spiro atoms. The molecule has 0 nitrogen and oxygen atoms in total. The molecule has 0 heterocycles. The Hall–Kier alpha value is 0.645. The highest BCUT2D eigenvalue weighted by molar-refractivity contribution is 6.68. The van der Waals surface area contributed by atoms with Gasteiger partial charge in [0, 0.05) is 0 Å². The van der Waals surface area contributed by atoms with E-state index in [-0.39, 0.29) is 4.74 Å². The van der Waals surface area contributed by atoms with Gasteiger partial charge in [0.2, 0.25) is 0 Å². The monoisotopic (exact) mass is 124 g/mol. The Morgan fingerprint density at radius 1 is 1.67 bits per heavy atom. The molecule has 6 heavy (non-hydrogen) atoms. The second kappa shape index (κ2) is 3.82. The molecule has 0 aromatic heterocycles. The van der Waals surface area contributed by atoms with E-state index in [0.717, 1.165) is 13.6 Å². The number of rotatable bonds is 2. The highest BCUT2D eigenvalue weighted by Crippen LogP contribution is 1.99. The molecule has 0 saturated carbocycles. The fourth-order valence-corrected chi connectivity index (χ4v) is 0.655. The second-order valence-corrected chi connectivity index (χ2v) is 2.46. The van der Waals surface area contributed by atoms with Crippen molar-refractivity contribution in [3.05, 3.63) is 0 Å². The Morgan fingerprint density at radius 2 is 2.17 bits per heavy atom. The van der Waals surface area contributed by atoms with Gasteiger partial charge in [-0.05, 0) is 0 Å². The van der Waals surface area contributed by atoms with Crippen molar-refractivity contribution in [2.24, 2.45) is 0 Å². The van der Waals surface area contributed by atoms with Crippen LogP contribution in [0.4, 0.5) is 0 Å². The molecule has 0 atom stereocenters. The Labute approximate surface area is 49.1 Å². The SMILES string of the molecule is CCBC(Cl)Cl. The molecule has 3 heteroatoms. The van der Waals surface area contributed by atoms with Crippen LogP contribution < -0.4 is 0 Å². The van der Waals surface area contributed by atoms with E-state index < -0.39 is 0 Å². The zero-order chi connectivity index (χ0) is 4.99. The second-order valence-electron chi connectivity index (χ2n) is 1.18. The van der Waals surface area contributed by atoms with Crippen LogP contribution in [0.2, 0.25) is 6.32 Å². The van der Waals surface area contributed by atoms with Crippen LogP contribution in [0.1, 0.15) is 6.92 Å². The highest BCUT2D eigenvalue weighted by Gasteiger charge is 1.94. The maximum absolute atomic E-state index is 5.34. The van der Waals surface area contributed by atoms with Crippen molar-refractivity contribution in [1.29, 1.82) is 0 Å². The minimum Gasteiger partial charge on any atom is -0.115 e. The summed E-state index contributed by atoms with van der Waals surface area (Å²) in [5.41, 5.74) is 0. The van der Waals surface area contributed by atoms with Crippen molar-refractivity contribution in [2.45, 2.75) is 18.0 Å². The third kappa shape index (κ3) is 4.64.